The van der Waals surface area contributed by atoms with Crippen LogP contribution in [0.15, 0.2) is 70.8 Å². The number of methoxy groups -OCH3 is 1. The maximum Gasteiger partial charge on any atom is 0.330 e. The van der Waals surface area contributed by atoms with Crippen LogP contribution in [0.3, 0.4) is 0 Å². The monoisotopic (exact) mass is 537 g/mol. The van der Waals surface area contributed by atoms with Gasteiger partial charge in [-0.05, 0) is 42.0 Å². The molecule has 0 aliphatic heterocycles. The van der Waals surface area contributed by atoms with Crippen LogP contribution in [0.25, 0.3) is 10.6 Å². The number of nitrogens with two attached hydrogens (primary N) is 2. The van der Waals surface area contributed by atoms with Crippen molar-refractivity contribution in [2.24, 2.45) is 11.6 Å². The Balaban J connectivity index is 1.68. The highest BCUT2D eigenvalue weighted by Gasteiger charge is 2.25. The molecule has 35 heavy (non-hydrogen) atoms. The van der Waals surface area contributed by atoms with Gasteiger partial charge in [-0.1, -0.05) is 23.7 Å². The van der Waals surface area contributed by atoms with Crippen molar-refractivity contribution < 1.29 is 23.1 Å². The van der Waals surface area contributed by atoms with Crippen molar-refractivity contribution in [2.45, 2.75) is 16.7 Å². The summed E-state index contributed by atoms with van der Waals surface area (Å²) in [5, 5.41) is 10.8. The molecule has 0 saturated carbocycles. The summed E-state index contributed by atoms with van der Waals surface area (Å²) in [6.07, 6.45) is 2.98. The maximum absolute atomic E-state index is 12.7. The SMILES string of the molecule is COC(=O)[C@H](Cc1ccc(O)c(Cl)c1)N(N)/C=C(\N)CNS(=O)(=O)c1ccc(-c2ccccn2)s1. The first-order valence-electron chi connectivity index (χ1n) is 10.2. The van der Waals surface area contributed by atoms with E-state index in [1.165, 1.54) is 31.5 Å². The molecule has 0 saturated heterocycles. The highest BCUT2D eigenvalue weighted by Crippen LogP contribution is 2.29. The molecule has 6 N–H and O–H groups in total. The first-order chi connectivity index (χ1) is 16.6. The molecule has 0 unspecified atom stereocenters. The number of nitrogens with zero attached hydrogens (tertiary/aromatic N) is 2. The van der Waals surface area contributed by atoms with Crippen LogP contribution in [0.4, 0.5) is 0 Å². The standard InChI is InChI=1S/C22H24ClN5O5S2/c1-33-22(30)18(11-14-5-6-19(29)16(23)10-14)28(25)13-15(24)12-27-35(31,32)21-8-7-20(34-21)17-4-2-3-9-26-17/h2-10,13,18,27,29H,11-12,24-25H2,1H3/b15-13-/t18-/m0/s1. The number of carbonyl (C=O) groups excluding carboxylic acids is 1. The number of pyridine rings is 1. The zero-order valence-corrected chi connectivity index (χ0v) is 21.0. The van der Waals surface area contributed by atoms with E-state index in [4.69, 9.17) is 27.9 Å². The Morgan fingerprint density at radius 1 is 1.31 bits per heavy atom. The van der Waals surface area contributed by atoms with Crippen LogP contribution in [0.5, 0.6) is 5.75 Å². The van der Waals surface area contributed by atoms with Gasteiger partial charge < -0.3 is 20.6 Å². The molecule has 2 heterocycles. The van der Waals surface area contributed by atoms with Crippen LogP contribution in [0, 0.1) is 0 Å². The van der Waals surface area contributed by atoms with Gasteiger partial charge in [-0.25, -0.2) is 23.8 Å². The number of aromatic nitrogens is 1. The molecule has 13 heteroatoms. The molecule has 1 atom stereocenters. The van der Waals surface area contributed by atoms with Crippen molar-refractivity contribution in [1.82, 2.24) is 14.7 Å². The normalized spacial score (nSPS) is 12.8. The lowest BCUT2D eigenvalue weighted by Crippen LogP contribution is -2.45. The van der Waals surface area contributed by atoms with Gasteiger partial charge in [-0.2, -0.15) is 0 Å². The number of phenolic OH excluding ortho intramolecular Hbond substituents is 1. The largest absolute Gasteiger partial charge is 0.506 e. The minimum absolute atomic E-state index is 0.0650. The number of ether oxygens (including phenoxy) is 1. The number of carbonyl (C=O) groups is 1. The van der Waals surface area contributed by atoms with Crippen LogP contribution in [0.2, 0.25) is 5.02 Å². The fourth-order valence-corrected chi connectivity index (χ4v) is 5.58. The van der Waals surface area contributed by atoms with Gasteiger partial charge >= 0.3 is 5.97 Å². The lowest BCUT2D eigenvalue weighted by atomic mass is 10.1. The molecule has 3 rings (SSSR count). The van der Waals surface area contributed by atoms with Crippen molar-refractivity contribution in [2.75, 3.05) is 13.7 Å². The van der Waals surface area contributed by atoms with Gasteiger partial charge in [0, 0.05) is 24.5 Å². The molecule has 2 aromatic heterocycles. The van der Waals surface area contributed by atoms with Gasteiger partial charge in [-0.15, -0.1) is 11.3 Å². The van der Waals surface area contributed by atoms with Gasteiger partial charge in [0.25, 0.3) is 0 Å². The molecule has 0 fully saturated rings. The molecule has 0 amide bonds. The second kappa shape index (κ2) is 11.5. The third kappa shape index (κ3) is 6.93. The van der Waals surface area contributed by atoms with E-state index in [0.717, 1.165) is 16.3 Å². The number of halogens is 1. The molecule has 10 nitrogen and oxygen atoms in total. The van der Waals surface area contributed by atoms with Gasteiger partial charge in [-0.3, -0.25) is 4.98 Å². The zero-order chi connectivity index (χ0) is 25.6. The minimum atomic E-state index is -3.85. The number of hydrogen-bond donors (Lipinski definition) is 4. The van der Waals surface area contributed by atoms with Gasteiger partial charge in [0.15, 0.2) is 0 Å². The lowest BCUT2D eigenvalue weighted by Gasteiger charge is -2.25. The summed E-state index contributed by atoms with van der Waals surface area (Å²) in [6, 6.07) is 12.1. The number of aromatic hydroxyl groups is 1. The molecule has 0 spiro atoms. The molecule has 0 radical (unpaired) electrons. The predicted molar refractivity (Wildman–Crippen MR) is 134 cm³/mol. The van der Waals surface area contributed by atoms with E-state index in [1.807, 2.05) is 6.07 Å². The zero-order valence-electron chi connectivity index (χ0n) is 18.6. The summed E-state index contributed by atoms with van der Waals surface area (Å²) in [5.74, 6) is 5.31. The summed E-state index contributed by atoms with van der Waals surface area (Å²) in [6.45, 7) is -0.244. The van der Waals surface area contributed by atoms with Crippen molar-refractivity contribution in [1.29, 1.82) is 0 Å². The van der Waals surface area contributed by atoms with Crippen molar-refractivity contribution in [3.05, 3.63) is 77.2 Å². The third-order valence-electron chi connectivity index (χ3n) is 4.82. The highest BCUT2D eigenvalue weighted by atomic mass is 35.5. The van der Waals surface area contributed by atoms with Crippen LogP contribution < -0.4 is 16.3 Å². The van der Waals surface area contributed by atoms with E-state index in [-0.39, 0.29) is 33.6 Å². The van der Waals surface area contributed by atoms with E-state index in [1.54, 1.807) is 30.5 Å². The molecule has 0 bridgehead atoms. The highest BCUT2D eigenvalue weighted by molar-refractivity contribution is 7.91. The second-order valence-corrected chi connectivity index (χ2v) is 10.8. The van der Waals surface area contributed by atoms with Crippen LogP contribution in [0.1, 0.15) is 5.56 Å². The van der Waals surface area contributed by atoms with Crippen LogP contribution >= 0.6 is 22.9 Å². The molecule has 0 aliphatic rings. The number of rotatable bonds is 10. The Kier molecular flexibility index (Phi) is 8.70. The molecule has 3 aromatic rings. The number of benzene rings is 1. The quantitative estimate of drug-likeness (QED) is 0.172. The Bertz CT molecular complexity index is 1310. The Morgan fingerprint density at radius 3 is 2.74 bits per heavy atom. The first-order valence-corrected chi connectivity index (χ1v) is 12.8. The van der Waals surface area contributed by atoms with Gasteiger partial charge in [0.05, 0.1) is 29.2 Å². The second-order valence-electron chi connectivity index (χ2n) is 7.34. The molecular weight excluding hydrogens is 514 g/mol. The number of thiophene rings is 1. The average Bonchev–Trinajstić information content (AvgIpc) is 3.35. The van der Waals surface area contributed by atoms with E-state index in [9.17, 15) is 18.3 Å². The fraction of sp³-hybridized carbons (Fsp3) is 0.182. The van der Waals surface area contributed by atoms with E-state index in [2.05, 4.69) is 9.71 Å². The maximum atomic E-state index is 12.7. The van der Waals surface area contributed by atoms with E-state index in [0.29, 0.717) is 16.1 Å². The van der Waals surface area contributed by atoms with Crippen molar-refractivity contribution >= 4 is 38.9 Å². The van der Waals surface area contributed by atoms with Gasteiger partial charge in [0.1, 0.15) is 16.0 Å². The smallest absolute Gasteiger partial charge is 0.330 e. The molecular formula is C22H24ClN5O5S2. The Labute approximate surface area is 211 Å². The summed E-state index contributed by atoms with van der Waals surface area (Å²) in [7, 11) is -2.63. The van der Waals surface area contributed by atoms with E-state index < -0.39 is 22.0 Å². The van der Waals surface area contributed by atoms with Crippen LogP contribution in [-0.4, -0.2) is 49.2 Å². The number of phenols is 1. The predicted octanol–water partition coefficient (Wildman–Crippen LogP) is 2.21. The van der Waals surface area contributed by atoms with E-state index >= 15 is 0 Å². The number of esters is 1. The molecule has 186 valence electrons. The topological polar surface area (TPSA) is 161 Å². The summed E-state index contributed by atoms with van der Waals surface area (Å²) in [5.41, 5.74) is 7.32. The Hall–Kier alpha value is -3.16. The third-order valence-corrected chi connectivity index (χ3v) is 8.12. The fourth-order valence-electron chi connectivity index (χ4n) is 3.03. The summed E-state index contributed by atoms with van der Waals surface area (Å²) < 4.78 is 32.7. The number of nitrogens with one attached hydrogen (secondary N) is 1. The number of sulfonamides is 1. The van der Waals surface area contributed by atoms with Gasteiger partial charge in [0.2, 0.25) is 10.0 Å². The Morgan fingerprint density at radius 2 is 2.09 bits per heavy atom. The molecule has 0 aliphatic carbocycles. The first kappa shape index (κ1) is 26.4. The summed E-state index contributed by atoms with van der Waals surface area (Å²) >= 11 is 7.01. The van der Waals surface area contributed by atoms with Crippen LogP contribution in [-0.2, 0) is 26.0 Å². The average molecular weight is 538 g/mol. The lowest BCUT2D eigenvalue weighted by molar-refractivity contribution is -0.146. The number of hydrogen-bond acceptors (Lipinski definition) is 10. The van der Waals surface area contributed by atoms with Crippen molar-refractivity contribution in [3.63, 3.8) is 0 Å². The molecule has 1 aromatic carbocycles. The summed E-state index contributed by atoms with van der Waals surface area (Å²) in [4.78, 5) is 17.2. The minimum Gasteiger partial charge on any atom is -0.506 e. The van der Waals surface area contributed by atoms with Crippen molar-refractivity contribution in [3.8, 4) is 16.3 Å². The number of hydrazine groups is 1.